The third kappa shape index (κ3) is 9.34. The number of hydrogen-bond acceptors (Lipinski definition) is 9. The number of nitrogens with one attached hydrogen (secondary N) is 3. The maximum absolute atomic E-state index is 13.2. The first-order valence-corrected chi connectivity index (χ1v) is 17.7. The topological polar surface area (TPSA) is 176 Å². The number of sulfonamides is 1. The monoisotopic (exact) mass is 703 g/mol. The van der Waals surface area contributed by atoms with Crippen LogP contribution in [0.3, 0.4) is 0 Å². The van der Waals surface area contributed by atoms with Crippen molar-refractivity contribution in [2.45, 2.75) is 56.9 Å². The molecule has 264 valence electrons. The van der Waals surface area contributed by atoms with E-state index in [9.17, 15) is 27.9 Å². The first-order chi connectivity index (χ1) is 23.9. The van der Waals surface area contributed by atoms with Gasteiger partial charge < -0.3 is 30.1 Å². The highest BCUT2D eigenvalue weighted by atomic mass is 32.2. The van der Waals surface area contributed by atoms with E-state index in [-0.39, 0.29) is 24.1 Å². The van der Waals surface area contributed by atoms with Crippen molar-refractivity contribution in [2.24, 2.45) is 0 Å². The Morgan fingerprint density at radius 1 is 0.980 bits per heavy atom. The molecule has 0 radical (unpaired) electrons. The maximum Gasteiger partial charge on any atom is 0.410 e. The molecule has 0 saturated carbocycles. The highest BCUT2D eigenvalue weighted by molar-refractivity contribution is 7.89. The van der Waals surface area contributed by atoms with Gasteiger partial charge in [0.25, 0.3) is 0 Å². The van der Waals surface area contributed by atoms with Gasteiger partial charge in [0.1, 0.15) is 25.1 Å². The van der Waals surface area contributed by atoms with Gasteiger partial charge in [-0.3, -0.25) is 9.59 Å². The summed E-state index contributed by atoms with van der Waals surface area (Å²) in [6.45, 7) is 4.77. The standard InChI is InChI=1S/C36H41N5O8S/c1-23-15-24(2)34(25(3)16-23)50(46,47)40-31(35(43)44)19-38-33(42)22-48-29-17-28(18-37-32-14-13-27-11-7-8-12-30(27)39-32)41(20-29)36(45)49-21-26-9-5-4-6-10-26/h4-16,28-29,31,40H,17-22H2,1-3H3,(H,37,39)(H,38,42)(H,43,44)/t28-,29+,31-/m0/s1. The molecule has 3 aromatic carbocycles. The normalized spacial score (nSPS) is 16.6. The Kier molecular flexibility index (Phi) is 11.7. The predicted molar refractivity (Wildman–Crippen MR) is 187 cm³/mol. The fraction of sp³-hybridized carbons (Fsp3) is 0.333. The molecule has 1 aromatic heterocycles. The van der Waals surface area contributed by atoms with Crippen molar-refractivity contribution in [3.63, 3.8) is 0 Å². The van der Waals surface area contributed by atoms with Crippen LogP contribution in [0.25, 0.3) is 10.9 Å². The molecule has 2 amide bonds. The Morgan fingerprint density at radius 3 is 2.40 bits per heavy atom. The first kappa shape index (κ1) is 36.2. The minimum atomic E-state index is -4.21. The summed E-state index contributed by atoms with van der Waals surface area (Å²) >= 11 is 0. The molecule has 13 nitrogen and oxygen atoms in total. The fourth-order valence-electron chi connectivity index (χ4n) is 6.08. The zero-order valence-corrected chi connectivity index (χ0v) is 28.9. The number of amides is 2. The molecule has 14 heteroatoms. The van der Waals surface area contributed by atoms with E-state index in [4.69, 9.17) is 9.47 Å². The summed E-state index contributed by atoms with van der Waals surface area (Å²) in [6, 6.07) is 22.3. The average molecular weight is 704 g/mol. The molecule has 1 fully saturated rings. The Morgan fingerprint density at radius 2 is 1.68 bits per heavy atom. The molecule has 0 unspecified atom stereocenters. The largest absolute Gasteiger partial charge is 0.480 e. The summed E-state index contributed by atoms with van der Waals surface area (Å²) in [5.41, 5.74) is 3.50. The Balaban J connectivity index is 1.18. The van der Waals surface area contributed by atoms with Gasteiger partial charge in [-0.25, -0.2) is 18.2 Å². The van der Waals surface area contributed by atoms with Crippen LogP contribution in [0.4, 0.5) is 10.6 Å². The van der Waals surface area contributed by atoms with Gasteiger partial charge in [-0.1, -0.05) is 66.2 Å². The smallest absolute Gasteiger partial charge is 0.410 e. The molecule has 1 aliphatic heterocycles. The van der Waals surface area contributed by atoms with Crippen LogP contribution in [0.2, 0.25) is 0 Å². The van der Waals surface area contributed by atoms with Crippen LogP contribution < -0.4 is 15.4 Å². The summed E-state index contributed by atoms with van der Waals surface area (Å²) in [5, 5.41) is 16.5. The highest BCUT2D eigenvalue weighted by Gasteiger charge is 2.37. The quantitative estimate of drug-likeness (QED) is 0.151. The third-order valence-corrected chi connectivity index (χ3v) is 10.1. The number of ether oxygens (including phenoxy) is 2. The van der Waals surface area contributed by atoms with Crippen molar-refractivity contribution in [1.29, 1.82) is 0 Å². The number of carbonyl (C=O) groups is 3. The number of carbonyl (C=O) groups excluding carboxylic acids is 2. The minimum absolute atomic E-state index is 0.00228. The number of para-hydroxylation sites is 1. The van der Waals surface area contributed by atoms with E-state index in [1.165, 1.54) is 0 Å². The molecule has 4 aromatic rings. The van der Waals surface area contributed by atoms with E-state index >= 15 is 0 Å². The average Bonchev–Trinajstić information content (AvgIpc) is 3.50. The van der Waals surface area contributed by atoms with Crippen LogP contribution in [0.5, 0.6) is 0 Å². The number of carboxylic acids is 1. The minimum Gasteiger partial charge on any atom is -0.480 e. The number of benzene rings is 3. The second kappa shape index (κ2) is 16.1. The Labute approximate surface area is 291 Å². The second-order valence-electron chi connectivity index (χ2n) is 12.3. The number of pyridine rings is 1. The Bertz CT molecular complexity index is 1930. The molecule has 1 saturated heterocycles. The van der Waals surface area contributed by atoms with Gasteiger partial charge in [0, 0.05) is 18.5 Å². The van der Waals surface area contributed by atoms with Crippen LogP contribution in [-0.2, 0) is 35.7 Å². The zero-order valence-electron chi connectivity index (χ0n) is 28.1. The molecule has 50 heavy (non-hydrogen) atoms. The number of hydrogen-bond donors (Lipinski definition) is 4. The van der Waals surface area contributed by atoms with Gasteiger partial charge in [-0.2, -0.15) is 4.72 Å². The van der Waals surface area contributed by atoms with Crippen LogP contribution >= 0.6 is 0 Å². The van der Waals surface area contributed by atoms with Crippen molar-refractivity contribution in [3.8, 4) is 0 Å². The molecule has 0 aliphatic carbocycles. The molecule has 1 aliphatic rings. The number of carboxylic acid groups (broad SMARTS) is 1. The van der Waals surface area contributed by atoms with Crippen molar-refractivity contribution in [1.82, 2.24) is 19.9 Å². The van der Waals surface area contributed by atoms with E-state index in [1.54, 1.807) is 30.9 Å². The van der Waals surface area contributed by atoms with Crippen LogP contribution in [-0.4, -0.2) is 85.8 Å². The van der Waals surface area contributed by atoms with E-state index < -0.39 is 53.3 Å². The summed E-state index contributed by atoms with van der Waals surface area (Å²) < 4.78 is 39.9. The number of likely N-dealkylation sites (tertiary alicyclic amines) is 1. The number of aryl methyl sites for hydroxylation is 3. The SMILES string of the molecule is Cc1cc(C)c(S(=O)(=O)N[C@@H](CNC(=O)CO[C@@H]2C[C@@H](CNc3ccc4ccccc4n3)N(C(=O)OCc3ccccc3)C2)C(=O)O)c(C)c1. The summed E-state index contributed by atoms with van der Waals surface area (Å²) in [6.07, 6.45) is -0.665. The summed E-state index contributed by atoms with van der Waals surface area (Å²) in [5.74, 6) is -1.45. The molecular formula is C36H41N5O8S. The lowest BCUT2D eigenvalue weighted by Crippen LogP contribution is -2.49. The van der Waals surface area contributed by atoms with Crippen LogP contribution in [0.1, 0.15) is 28.7 Å². The molecule has 0 bridgehead atoms. The van der Waals surface area contributed by atoms with Gasteiger partial charge in [0.2, 0.25) is 15.9 Å². The van der Waals surface area contributed by atoms with Gasteiger partial charge in [-0.15, -0.1) is 0 Å². The summed E-state index contributed by atoms with van der Waals surface area (Å²) in [4.78, 5) is 44.1. The van der Waals surface area contributed by atoms with E-state index in [2.05, 4.69) is 20.3 Å². The molecule has 2 heterocycles. The molecule has 4 N–H and O–H groups in total. The predicted octanol–water partition coefficient (Wildman–Crippen LogP) is 3.92. The maximum atomic E-state index is 13.2. The van der Waals surface area contributed by atoms with Crippen molar-refractivity contribution in [3.05, 3.63) is 101 Å². The van der Waals surface area contributed by atoms with E-state index in [0.717, 1.165) is 22.0 Å². The molecule has 3 atom stereocenters. The zero-order chi connectivity index (χ0) is 35.8. The van der Waals surface area contributed by atoms with Crippen LogP contribution in [0.15, 0.2) is 83.8 Å². The lowest BCUT2D eigenvalue weighted by Gasteiger charge is -2.24. The van der Waals surface area contributed by atoms with Gasteiger partial charge >= 0.3 is 12.1 Å². The number of aromatic nitrogens is 1. The second-order valence-corrected chi connectivity index (χ2v) is 14.0. The van der Waals surface area contributed by atoms with Gasteiger partial charge in [-0.05, 0) is 62.1 Å². The van der Waals surface area contributed by atoms with E-state index in [0.29, 0.717) is 29.9 Å². The lowest BCUT2D eigenvalue weighted by molar-refractivity contribution is -0.139. The number of nitrogens with zero attached hydrogens (tertiary/aromatic N) is 2. The number of anilines is 1. The molecular weight excluding hydrogens is 662 g/mol. The fourth-order valence-corrected chi connectivity index (χ4v) is 7.72. The first-order valence-electron chi connectivity index (χ1n) is 16.2. The van der Waals surface area contributed by atoms with Crippen molar-refractivity contribution in [2.75, 3.05) is 31.6 Å². The van der Waals surface area contributed by atoms with Crippen molar-refractivity contribution >= 4 is 44.7 Å². The highest BCUT2D eigenvalue weighted by Crippen LogP contribution is 2.24. The van der Waals surface area contributed by atoms with Crippen LogP contribution in [0, 0.1) is 20.8 Å². The third-order valence-electron chi connectivity index (χ3n) is 8.36. The Hall–Kier alpha value is -5.05. The van der Waals surface area contributed by atoms with Gasteiger partial charge in [0.05, 0.1) is 29.1 Å². The lowest BCUT2D eigenvalue weighted by atomic mass is 10.1. The number of aliphatic carboxylic acids is 1. The number of rotatable bonds is 14. The molecule has 5 rings (SSSR count). The van der Waals surface area contributed by atoms with E-state index in [1.807, 2.05) is 73.7 Å². The van der Waals surface area contributed by atoms with Crippen molar-refractivity contribution < 1.29 is 37.4 Å². The van der Waals surface area contributed by atoms with Gasteiger partial charge in [0.15, 0.2) is 0 Å². The molecule has 0 spiro atoms. The number of fused-ring (bicyclic) bond motifs is 1. The summed E-state index contributed by atoms with van der Waals surface area (Å²) in [7, 11) is -4.21.